The van der Waals surface area contributed by atoms with Gasteiger partial charge < -0.3 is 5.32 Å². The van der Waals surface area contributed by atoms with Crippen molar-refractivity contribution >= 4 is 46.6 Å². The Hall–Kier alpha value is -1.85. The lowest BCUT2D eigenvalue weighted by Crippen LogP contribution is -2.40. The maximum Gasteiger partial charge on any atom is 0.244 e. The number of nitrogens with zero attached hydrogens (tertiary/aromatic N) is 1. The average molecular weight is 391 g/mol. The van der Waals surface area contributed by atoms with Crippen LogP contribution in [0, 0.1) is 35.5 Å². The molecule has 1 heterocycles. The topological polar surface area (TPSA) is 66.5 Å². The lowest BCUT2D eigenvalue weighted by Gasteiger charge is -2.37. The number of likely N-dealkylation sites (tertiary alicyclic amines) is 1. The van der Waals surface area contributed by atoms with Gasteiger partial charge in [0.15, 0.2) is 0 Å². The van der Waals surface area contributed by atoms with Crippen LogP contribution in [0.25, 0.3) is 0 Å². The molecule has 5 nitrogen and oxygen atoms in total. The van der Waals surface area contributed by atoms with E-state index in [-0.39, 0.29) is 42.0 Å². The number of carbonyl (C=O) groups excluding carboxylic acids is 3. The minimum absolute atomic E-state index is 0.158. The summed E-state index contributed by atoms with van der Waals surface area (Å²) < 4.78 is 0. The van der Waals surface area contributed by atoms with Crippen molar-refractivity contribution in [3.63, 3.8) is 0 Å². The Morgan fingerprint density at radius 2 is 1.69 bits per heavy atom. The Bertz CT molecular complexity index is 848. The highest BCUT2D eigenvalue weighted by molar-refractivity contribution is 6.36. The molecule has 26 heavy (non-hydrogen) atoms. The second-order valence-electron chi connectivity index (χ2n) is 7.59. The number of allylic oxidation sites excluding steroid dienone is 2. The molecule has 2 bridgehead atoms. The van der Waals surface area contributed by atoms with E-state index in [0.717, 1.165) is 11.3 Å². The van der Waals surface area contributed by atoms with Gasteiger partial charge in [-0.3, -0.25) is 19.3 Å². The molecule has 134 valence electrons. The highest BCUT2D eigenvalue weighted by Crippen LogP contribution is 2.65. The zero-order chi connectivity index (χ0) is 18.2. The van der Waals surface area contributed by atoms with Crippen molar-refractivity contribution in [1.82, 2.24) is 4.90 Å². The molecule has 4 aliphatic carbocycles. The molecule has 2 saturated carbocycles. The Morgan fingerprint density at radius 1 is 1.08 bits per heavy atom. The SMILES string of the molecule is O=C(CN1C(=O)[C@@H]2[C@H]3C=C[C@@H]([C@@H]4C[C@@H]34)[C@@H]2C1=O)Nc1ccc(Cl)cc1Cl. The maximum absolute atomic E-state index is 12.9. The van der Waals surface area contributed by atoms with Crippen LogP contribution in [-0.2, 0) is 14.4 Å². The van der Waals surface area contributed by atoms with Gasteiger partial charge in [0, 0.05) is 5.02 Å². The number of amides is 3. The van der Waals surface area contributed by atoms with Crippen molar-refractivity contribution in [2.75, 3.05) is 11.9 Å². The van der Waals surface area contributed by atoms with Crippen LogP contribution in [0.4, 0.5) is 5.69 Å². The summed E-state index contributed by atoms with van der Waals surface area (Å²) in [5.41, 5.74) is 0.403. The molecule has 1 aromatic rings. The van der Waals surface area contributed by atoms with Crippen molar-refractivity contribution in [2.24, 2.45) is 35.5 Å². The van der Waals surface area contributed by atoms with Gasteiger partial charge in [0.1, 0.15) is 6.54 Å². The largest absolute Gasteiger partial charge is 0.323 e. The molecule has 6 rings (SSSR count). The lowest BCUT2D eigenvalue weighted by molar-refractivity contribution is -0.142. The minimum atomic E-state index is -0.444. The monoisotopic (exact) mass is 390 g/mol. The van der Waals surface area contributed by atoms with Gasteiger partial charge in [-0.15, -0.1) is 0 Å². The van der Waals surface area contributed by atoms with Crippen LogP contribution in [0.1, 0.15) is 6.42 Å². The molecule has 0 unspecified atom stereocenters. The molecule has 1 aromatic carbocycles. The molecule has 3 amide bonds. The molecule has 5 aliphatic rings. The van der Waals surface area contributed by atoms with Gasteiger partial charge in [-0.05, 0) is 48.3 Å². The van der Waals surface area contributed by atoms with E-state index < -0.39 is 5.91 Å². The smallest absolute Gasteiger partial charge is 0.244 e. The van der Waals surface area contributed by atoms with Crippen molar-refractivity contribution in [3.8, 4) is 0 Å². The van der Waals surface area contributed by atoms with E-state index in [1.165, 1.54) is 6.07 Å². The second kappa shape index (κ2) is 5.57. The van der Waals surface area contributed by atoms with Gasteiger partial charge in [-0.2, -0.15) is 0 Å². The first-order chi connectivity index (χ1) is 12.5. The molecule has 0 spiro atoms. The zero-order valence-corrected chi connectivity index (χ0v) is 15.2. The maximum atomic E-state index is 12.9. The fourth-order valence-electron chi connectivity index (χ4n) is 5.10. The van der Waals surface area contributed by atoms with E-state index in [0.29, 0.717) is 27.6 Å². The number of hydrogen-bond acceptors (Lipinski definition) is 3. The van der Waals surface area contributed by atoms with Gasteiger partial charge in [-0.25, -0.2) is 0 Å². The van der Waals surface area contributed by atoms with Crippen molar-refractivity contribution in [1.29, 1.82) is 0 Å². The summed E-state index contributed by atoms with van der Waals surface area (Å²) >= 11 is 11.9. The van der Waals surface area contributed by atoms with Crippen LogP contribution in [0.5, 0.6) is 0 Å². The average Bonchev–Trinajstić information content (AvgIpc) is 3.39. The van der Waals surface area contributed by atoms with E-state index in [4.69, 9.17) is 23.2 Å². The van der Waals surface area contributed by atoms with Gasteiger partial charge in [0.05, 0.1) is 22.5 Å². The Kier molecular flexibility index (Phi) is 3.50. The molecule has 3 fully saturated rings. The molecule has 1 saturated heterocycles. The van der Waals surface area contributed by atoms with Crippen molar-refractivity contribution < 1.29 is 14.4 Å². The third kappa shape index (κ3) is 2.26. The summed E-state index contributed by atoms with van der Waals surface area (Å²) in [4.78, 5) is 39.2. The van der Waals surface area contributed by atoms with Gasteiger partial charge in [0.2, 0.25) is 17.7 Å². The summed E-state index contributed by atoms with van der Waals surface area (Å²) in [6.45, 7) is -0.279. The molecule has 1 N–H and O–H groups in total. The lowest BCUT2D eigenvalue weighted by atomic mass is 9.63. The van der Waals surface area contributed by atoms with E-state index in [2.05, 4.69) is 17.5 Å². The second-order valence-corrected chi connectivity index (χ2v) is 8.43. The highest BCUT2D eigenvalue weighted by Gasteiger charge is 2.67. The predicted octanol–water partition coefficient (Wildman–Crippen LogP) is 2.99. The summed E-state index contributed by atoms with van der Waals surface area (Å²) in [5, 5.41) is 3.42. The third-order valence-corrected chi connectivity index (χ3v) is 6.81. The number of rotatable bonds is 3. The number of nitrogens with one attached hydrogen (secondary N) is 1. The molecule has 0 aromatic heterocycles. The Labute approximate surface area is 160 Å². The molecule has 1 aliphatic heterocycles. The van der Waals surface area contributed by atoms with Crippen molar-refractivity contribution in [3.05, 3.63) is 40.4 Å². The Balaban J connectivity index is 1.33. The highest BCUT2D eigenvalue weighted by atomic mass is 35.5. The normalized spacial score (nSPS) is 36.2. The van der Waals surface area contributed by atoms with Gasteiger partial charge >= 0.3 is 0 Å². The van der Waals surface area contributed by atoms with Crippen LogP contribution in [0.2, 0.25) is 10.0 Å². The van der Waals surface area contributed by atoms with Gasteiger partial charge in [-0.1, -0.05) is 35.4 Å². The van der Waals surface area contributed by atoms with E-state index in [9.17, 15) is 14.4 Å². The van der Waals surface area contributed by atoms with Crippen molar-refractivity contribution in [2.45, 2.75) is 6.42 Å². The predicted molar refractivity (Wildman–Crippen MR) is 96.5 cm³/mol. The fraction of sp³-hybridized carbons (Fsp3) is 0.421. The molecular formula is C19H16Cl2N2O3. The number of halogens is 2. The first-order valence-corrected chi connectivity index (χ1v) is 9.50. The van der Waals surface area contributed by atoms with E-state index in [1.54, 1.807) is 12.1 Å². The zero-order valence-electron chi connectivity index (χ0n) is 13.7. The summed E-state index contributed by atoms with van der Waals surface area (Å²) in [7, 11) is 0. The molecule has 6 atom stereocenters. The number of benzene rings is 1. The van der Waals surface area contributed by atoms with Gasteiger partial charge in [0.25, 0.3) is 0 Å². The van der Waals surface area contributed by atoms with Crippen LogP contribution < -0.4 is 5.32 Å². The quantitative estimate of drug-likeness (QED) is 0.637. The van der Waals surface area contributed by atoms with Crippen LogP contribution in [-0.4, -0.2) is 29.2 Å². The van der Waals surface area contributed by atoms with E-state index >= 15 is 0 Å². The number of anilines is 1. The van der Waals surface area contributed by atoms with Crippen LogP contribution in [0.3, 0.4) is 0 Å². The standard InChI is InChI=1S/C19H16Cl2N2O3/c20-8-1-4-14(13(21)5-8)22-15(24)7-23-18(25)16-9-2-3-10(12-6-11(9)12)17(16)19(23)26/h1-5,9-12,16-17H,6-7H2,(H,22,24)/t9-,10-,11-,12-,16-,17+/m0/s1. The first kappa shape index (κ1) is 16.3. The molecule has 7 heteroatoms. The Morgan fingerprint density at radius 3 is 2.27 bits per heavy atom. The third-order valence-electron chi connectivity index (χ3n) is 6.26. The number of carbonyl (C=O) groups is 3. The fourth-order valence-corrected chi connectivity index (χ4v) is 5.55. The molecule has 0 radical (unpaired) electrons. The van der Waals surface area contributed by atoms with E-state index in [1.807, 2.05) is 0 Å². The minimum Gasteiger partial charge on any atom is -0.323 e. The number of imide groups is 1. The summed E-state index contributed by atoms with van der Waals surface area (Å²) in [6.07, 6.45) is 5.34. The number of hydrogen-bond donors (Lipinski definition) is 1. The molecular weight excluding hydrogens is 375 g/mol. The summed E-state index contributed by atoms with van der Waals surface area (Å²) in [5.74, 6) is -0.0183. The summed E-state index contributed by atoms with van der Waals surface area (Å²) in [6, 6.07) is 4.72. The first-order valence-electron chi connectivity index (χ1n) is 8.74. The van der Waals surface area contributed by atoms with Crippen LogP contribution in [0.15, 0.2) is 30.4 Å². The van der Waals surface area contributed by atoms with Crippen LogP contribution >= 0.6 is 23.2 Å².